The molecule has 8 nitrogen and oxygen atoms in total. The van der Waals surface area contributed by atoms with Crippen molar-refractivity contribution in [2.75, 3.05) is 10.6 Å². The van der Waals surface area contributed by atoms with Crippen molar-refractivity contribution in [3.05, 3.63) is 84.7 Å². The molecule has 0 fully saturated rings. The number of aromatic nitrogens is 4. The second-order valence-electron chi connectivity index (χ2n) is 7.55. The Morgan fingerprint density at radius 3 is 2.69 bits per heavy atom. The van der Waals surface area contributed by atoms with Gasteiger partial charge in [0.2, 0.25) is 0 Å². The van der Waals surface area contributed by atoms with Crippen molar-refractivity contribution in [1.29, 1.82) is 0 Å². The predicted octanol–water partition coefficient (Wildman–Crippen LogP) is 4.05. The zero-order valence-corrected chi connectivity index (χ0v) is 17.5. The van der Waals surface area contributed by atoms with Crippen LogP contribution in [-0.4, -0.2) is 31.5 Å². The highest BCUT2D eigenvalue weighted by molar-refractivity contribution is 5.94. The molecule has 3 heterocycles. The molecule has 2 N–H and O–H groups in total. The van der Waals surface area contributed by atoms with Gasteiger partial charge < -0.3 is 15.4 Å². The Bertz CT molecular complexity index is 1250. The molecule has 0 bridgehead atoms. The fraction of sp³-hybridized carbons (Fsp3) is 0.167. The molecule has 2 aromatic carbocycles. The monoisotopic (exact) mass is 426 g/mol. The highest BCUT2D eigenvalue weighted by atomic mass is 16.5. The fourth-order valence-electron chi connectivity index (χ4n) is 3.68. The average Bonchev–Trinajstić information content (AvgIpc) is 3.26. The van der Waals surface area contributed by atoms with Crippen LogP contribution in [0.5, 0.6) is 5.75 Å². The molecule has 0 aliphatic carbocycles. The van der Waals surface area contributed by atoms with Crippen LogP contribution < -0.4 is 15.4 Å². The van der Waals surface area contributed by atoms with Crippen LogP contribution in [0.1, 0.15) is 17.8 Å². The van der Waals surface area contributed by atoms with E-state index in [0.717, 1.165) is 35.1 Å². The van der Waals surface area contributed by atoms with Crippen molar-refractivity contribution in [1.82, 2.24) is 19.5 Å². The second-order valence-corrected chi connectivity index (χ2v) is 7.55. The van der Waals surface area contributed by atoms with E-state index in [4.69, 9.17) is 4.74 Å². The molecule has 1 amide bonds. The van der Waals surface area contributed by atoms with E-state index in [0.29, 0.717) is 17.9 Å². The third-order valence-corrected chi connectivity index (χ3v) is 5.36. The van der Waals surface area contributed by atoms with Crippen LogP contribution in [0, 0.1) is 6.92 Å². The van der Waals surface area contributed by atoms with Crippen LogP contribution in [0.3, 0.4) is 0 Å². The molecule has 5 rings (SSSR count). The van der Waals surface area contributed by atoms with Gasteiger partial charge in [-0.1, -0.05) is 18.2 Å². The fourth-order valence-corrected chi connectivity index (χ4v) is 3.68. The summed E-state index contributed by atoms with van der Waals surface area (Å²) in [7, 11) is 0. The number of carbonyl (C=O) groups is 1. The first-order chi connectivity index (χ1) is 15.7. The minimum Gasteiger partial charge on any atom is -0.480 e. The molecule has 1 aliphatic heterocycles. The smallest absolute Gasteiger partial charge is 0.265 e. The summed E-state index contributed by atoms with van der Waals surface area (Å²) in [5.74, 6) is 2.88. The van der Waals surface area contributed by atoms with E-state index >= 15 is 0 Å². The van der Waals surface area contributed by atoms with Gasteiger partial charge in [0.1, 0.15) is 29.5 Å². The second kappa shape index (κ2) is 8.50. The SMILES string of the molecule is Cc1nccn1-c1cc(Nc2ccc(NC(=O)[C@@H]3CCc4ccccc4O3)cc2)ncn1. The highest BCUT2D eigenvalue weighted by Gasteiger charge is 2.25. The van der Waals surface area contributed by atoms with Gasteiger partial charge in [0.05, 0.1) is 0 Å². The third-order valence-electron chi connectivity index (χ3n) is 5.36. The van der Waals surface area contributed by atoms with E-state index in [-0.39, 0.29) is 5.91 Å². The minimum absolute atomic E-state index is 0.142. The van der Waals surface area contributed by atoms with Crippen LogP contribution in [0.2, 0.25) is 0 Å². The third kappa shape index (κ3) is 4.15. The molecule has 0 spiro atoms. The Morgan fingerprint density at radius 2 is 1.88 bits per heavy atom. The number of aryl methyl sites for hydroxylation is 2. The molecule has 160 valence electrons. The first-order valence-electron chi connectivity index (χ1n) is 10.4. The highest BCUT2D eigenvalue weighted by Crippen LogP contribution is 2.28. The molecule has 1 atom stereocenters. The lowest BCUT2D eigenvalue weighted by Gasteiger charge is -2.25. The molecular formula is C24H22N6O2. The number of hydrogen-bond acceptors (Lipinski definition) is 6. The number of imidazole rings is 1. The van der Waals surface area contributed by atoms with Gasteiger partial charge in [0, 0.05) is 29.8 Å². The number of amides is 1. The predicted molar refractivity (Wildman–Crippen MR) is 121 cm³/mol. The molecule has 2 aromatic heterocycles. The Hall–Kier alpha value is -4.20. The van der Waals surface area contributed by atoms with Crippen LogP contribution >= 0.6 is 0 Å². The summed E-state index contributed by atoms with van der Waals surface area (Å²) in [6.07, 6.45) is 6.09. The lowest BCUT2D eigenvalue weighted by atomic mass is 10.0. The summed E-state index contributed by atoms with van der Waals surface area (Å²) in [5, 5.41) is 6.20. The summed E-state index contributed by atoms with van der Waals surface area (Å²) < 4.78 is 7.76. The van der Waals surface area contributed by atoms with E-state index in [2.05, 4.69) is 25.6 Å². The molecule has 32 heavy (non-hydrogen) atoms. The van der Waals surface area contributed by atoms with Crippen molar-refractivity contribution in [2.24, 2.45) is 0 Å². The normalized spacial score (nSPS) is 14.8. The number of fused-ring (bicyclic) bond motifs is 1. The summed E-state index contributed by atoms with van der Waals surface area (Å²) in [6, 6.07) is 17.2. The maximum Gasteiger partial charge on any atom is 0.265 e. The van der Waals surface area contributed by atoms with Gasteiger partial charge >= 0.3 is 0 Å². The van der Waals surface area contributed by atoms with E-state index in [1.54, 1.807) is 6.20 Å². The van der Waals surface area contributed by atoms with E-state index in [9.17, 15) is 4.79 Å². The van der Waals surface area contributed by atoms with Crippen LogP contribution in [0.4, 0.5) is 17.2 Å². The van der Waals surface area contributed by atoms with Crippen molar-refractivity contribution in [3.8, 4) is 11.6 Å². The van der Waals surface area contributed by atoms with Gasteiger partial charge in [0.15, 0.2) is 6.10 Å². The number of hydrogen-bond donors (Lipinski definition) is 2. The Kier molecular flexibility index (Phi) is 5.25. The average molecular weight is 426 g/mol. The van der Waals surface area contributed by atoms with Crippen molar-refractivity contribution >= 4 is 23.1 Å². The lowest BCUT2D eigenvalue weighted by molar-refractivity contribution is -0.123. The molecule has 4 aromatic rings. The summed E-state index contributed by atoms with van der Waals surface area (Å²) in [5.41, 5.74) is 2.70. The van der Waals surface area contributed by atoms with E-state index in [1.807, 2.05) is 72.3 Å². The molecule has 0 radical (unpaired) electrons. The van der Waals surface area contributed by atoms with Gasteiger partial charge in [-0.15, -0.1) is 0 Å². The number of carbonyl (C=O) groups excluding carboxylic acids is 1. The number of ether oxygens (including phenoxy) is 1. The number of nitrogens with one attached hydrogen (secondary N) is 2. The molecule has 0 unspecified atom stereocenters. The first-order valence-corrected chi connectivity index (χ1v) is 10.4. The topological polar surface area (TPSA) is 94.0 Å². The molecule has 8 heteroatoms. The molecule has 0 saturated heterocycles. The van der Waals surface area contributed by atoms with Crippen molar-refractivity contribution in [2.45, 2.75) is 25.9 Å². The number of benzene rings is 2. The largest absolute Gasteiger partial charge is 0.480 e. The number of para-hydroxylation sites is 1. The van der Waals surface area contributed by atoms with Gasteiger partial charge in [0.25, 0.3) is 5.91 Å². The zero-order valence-electron chi connectivity index (χ0n) is 17.5. The minimum atomic E-state index is -0.492. The summed E-state index contributed by atoms with van der Waals surface area (Å²) in [6.45, 7) is 1.92. The molecule has 1 aliphatic rings. The van der Waals surface area contributed by atoms with Gasteiger partial charge in [-0.05, 0) is 55.7 Å². The quantitative estimate of drug-likeness (QED) is 0.500. The zero-order chi connectivity index (χ0) is 21.9. The Morgan fingerprint density at radius 1 is 1.06 bits per heavy atom. The van der Waals surface area contributed by atoms with Gasteiger partial charge in [-0.3, -0.25) is 9.36 Å². The van der Waals surface area contributed by atoms with E-state index in [1.165, 1.54) is 6.33 Å². The number of nitrogens with zero attached hydrogens (tertiary/aromatic N) is 4. The Balaban J connectivity index is 1.22. The Labute approximate surface area is 185 Å². The van der Waals surface area contributed by atoms with Crippen LogP contribution in [-0.2, 0) is 11.2 Å². The first kappa shape index (κ1) is 19.7. The van der Waals surface area contributed by atoms with Crippen LogP contribution in [0.25, 0.3) is 5.82 Å². The molecule has 0 saturated carbocycles. The van der Waals surface area contributed by atoms with E-state index < -0.39 is 6.10 Å². The van der Waals surface area contributed by atoms with Crippen molar-refractivity contribution in [3.63, 3.8) is 0 Å². The standard InChI is InChI=1S/C24H22N6O2/c1-16-25-12-13-30(16)23-14-22(26-15-27-23)28-18-7-9-19(10-8-18)29-24(31)21-11-6-17-4-2-3-5-20(17)32-21/h2-5,7-10,12-15,21H,6,11H2,1H3,(H,29,31)(H,26,27,28)/t21-/m0/s1. The molecular weight excluding hydrogens is 404 g/mol. The lowest BCUT2D eigenvalue weighted by Crippen LogP contribution is -2.35. The maximum atomic E-state index is 12.7. The number of rotatable bonds is 5. The van der Waals surface area contributed by atoms with Crippen LogP contribution in [0.15, 0.2) is 73.3 Å². The maximum absolute atomic E-state index is 12.7. The number of anilines is 3. The summed E-state index contributed by atoms with van der Waals surface area (Å²) >= 11 is 0. The van der Waals surface area contributed by atoms with Crippen molar-refractivity contribution < 1.29 is 9.53 Å². The van der Waals surface area contributed by atoms with Gasteiger partial charge in [-0.25, -0.2) is 15.0 Å². The summed E-state index contributed by atoms with van der Waals surface area (Å²) in [4.78, 5) is 25.5. The van der Waals surface area contributed by atoms with Gasteiger partial charge in [-0.2, -0.15) is 0 Å².